The van der Waals surface area contributed by atoms with Gasteiger partial charge < -0.3 is 10.2 Å². The summed E-state index contributed by atoms with van der Waals surface area (Å²) in [6, 6.07) is 6.52. The van der Waals surface area contributed by atoms with Gasteiger partial charge in [0.25, 0.3) is 0 Å². The molecule has 2 heterocycles. The highest BCUT2D eigenvalue weighted by atomic mass is 35.5. The van der Waals surface area contributed by atoms with Gasteiger partial charge in [-0.3, -0.25) is 9.59 Å². The molecule has 3 aliphatic rings. The van der Waals surface area contributed by atoms with Gasteiger partial charge in [-0.1, -0.05) is 24.6 Å². The van der Waals surface area contributed by atoms with Crippen molar-refractivity contribution in [2.75, 3.05) is 6.54 Å². The Morgan fingerprint density at radius 1 is 1.15 bits per heavy atom. The molecule has 3 fully saturated rings. The summed E-state index contributed by atoms with van der Waals surface area (Å²) < 4.78 is 70.0. The third-order valence-corrected chi connectivity index (χ3v) is 10.2. The minimum absolute atomic E-state index is 0.0616. The van der Waals surface area contributed by atoms with Crippen LogP contribution >= 0.6 is 11.6 Å². The van der Waals surface area contributed by atoms with Gasteiger partial charge in [-0.05, 0) is 67.5 Å². The Balaban J connectivity index is 1.51. The fraction of sp³-hybridized carbons (Fsp3) is 0.462. The first-order valence-corrected chi connectivity index (χ1v) is 14.2. The molecule has 2 unspecified atom stereocenters. The van der Waals surface area contributed by atoms with E-state index in [0.29, 0.717) is 31.2 Å². The third-order valence-electron chi connectivity index (χ3n) is 7.76. The highest BCUT2D eigenvalue weighted by Crippen LogP contribution is 2.48. The Labute approximate surface area is 228 Å². The number of alkyl halides is 3. The molecule has 2 aromatic rings. The molecule has 1 N–H and O–H groups in total. The van der Waals surface area contributed by atoms with Crippen molar-refractivity contribution >= 4 is 33.3 Å². The highest BCUT2D eigenvalue weighted by Gasteiger charge is 2.55. The molecule has 2 saturated carbocycles. The lowest BCUT2D eigenvalue weighted by Crippen LogP contribution is -2.50. The molecule has 8 nitrogen and oxygen atoms in total. The number of hydrogen-bond donors (Lipinski definition) is 1. The van der Waals surface area contributed by atoms with Gasteiger partial charge in [0, 0.05) is 18.2 Å². The van der Waals surface area contributed by atoms with Crippen molar-refractivity contribution in [2.24, 2.45) is 5.41 Å². The van der Waals surface area contributed by atoms with Crippen molar-refractivity contribution in [3.8, 4) is 17.2 Å². The Morgan fingerprint density at radius 2 is 1.82 bits per heavy atom. The molecular formula is C26H24ClF3N4O4S. The highest BCUT2D eigenvalue weighted by molar-refractivity contribution is 7.92. The lowest BCUT2D eigenvalue weighted by atomic mass is 10.0. The number of pyridine rings is 1. The van der Waals surface area contributed by atoms with Gasteiger partial charge in [-0.15, -0.1) is 0 Å². The minimum atomic E-state index is -5.01. The molecule has 0 radical (unpaired) electrons. The van der Waals surface area contributed by atoms with Crippen LogP contribution in [0.3, 0.4) is 0 Å². The van der Waals surface area contributed by atoms with Crippen LogP contribution in [0.15, 0.2) is 41.4 Å². The first-order valence-electron chi connectivity index (χ1n) is 12.3. The summed E-state index contributed by atoms with van der Waals surface area (Å²) in [6.07, 6.45) is -2.07. The van der Waals surface area contributed by atoms with Crippen LogP contribution in [0.1, 0.15) is 44.6 Å². The second-order valence-electron chi connectivity index (χ2n) is 10.7. The molecule has 0 spiro atoms. The standard InChI is InChI=1S/C26H24ClF3N4O4S/c1-24(5-6-24)23(36)34-13-17(12-19(34)22(35)33-25(14-31)7-8-25)39(37,38)20-3-2-15(10-18(20)26(28,29)30)16-4-9-32-21(27)11-16/h2-4,9-11,17,19H,5-8,12-13H2,1H3,(H,33,35). The van der Waals surface area contributed by atoms with E-state index in [-0.39, 0.29) is 17.1 Å². The van der Waals surface area contributed by atoms with Crippen LogP contribution in [0.5, 0.6) is 0 Å². The van der Waals surface area contributed by atoms with Gasteiger partial charge in [0.15, 0.2) is 9.84 Å². The van der Waals surface area contributed by atoms with E-state index in [1.165, 1.54) is 29.3 Å². The summed E-state index contributed by atoms with van der Waals surface area (Å²) in [7, 11) is -4.65. The predicted molar refractivity (Wildman–Crippen MR) is 134 cm³/mol. The number of hydrogen-bond acceptors (Lipinski definition) is 6. The maximum Gasteiger partial charge on any atom is 0.417 e. The fourth-order valence-electron chi connectivity index (χ4n) is 4.89. The number of nitrogens with zero attached hydrogens (tertiary/aromatic N) is 3. The fourth-order valence-corrected chi connectivity index (χ4v) is 6.96. The van der Waals surface area contributed by atoms with Gasteiger partial charge >= 0.3 is 6.18 Å². The molecule has 39 heavy (non-hydrogen) atoms. The van der Waals surface area contributed by atoms with E-state index >= 15 is 0 Å². The van der Waals surface area contributed by atoms with Crippen LogP contribution < -0.4 is 5.32 Å². The average Bonchev–Trinajstić information content (AvgIpc) is 3.78. The summed E-state index contributed by atoms with van der Waals surface area (Å²) in [4.78, 5) is 30.4. The number of nitrogens with one attached hydrogen (secondary N) is 1. The Morgan fingerprint density at radius 3 is 2.38 bits per heavy atom. The van der Waals surface area contributed by atoms with E-state index in [1.54, 1.807) is 6.92 Å². The van der Waals surface area contributed by atoms with Crippen LogP contribution in [0.4, 0.5) is 13.2 Å². The Hall–Kier alpha value is -3.17. The van der Waals surface area contributed by atoms with E-state index in [4.69, 9.17) is 11.6 Å². The maximum atomic E-state index is 14.2. The summed E-state index contributed by atoms with van der Waals surface area (Å²) >= 11 is 5.87. The van der Waals surface area contributed by atoms with Crippen molar-refractivity contribution in [1.29, 1.82) is 5.26 Å². The zero-order valence-electron chi connectivity index (χ0n) is 20.8. The van der Waals surface area contributed by atoms with Crippen molar-refractivity contribution in [1.82, 2.24) is 15.2 Å². The molecule has 2 aliphatic carbocycles. The second-order valence-corrected chi connectivity index (χ2v) is 13.3. The van der Waals surface area contributed by atoms with Crippen molar-refractivity contribution in [3.63, 3.8) is 0 Å². The largest absolute Gasteiger partial charge is 0.417 e. The number of amides is 2. The molecule has 206 valence electrons. The Kier molecular flexibility index (Phi) is 6.46. The van der Waals surface area contributed by atoms with Crippen molar-refractivity contribution in [3.05, 3.63) is 47.2 Å². The number of halogens is 4. The average molecular weight is 581 g/mol. The van der Waals surface area contributed by atoms with Crippen LogP contribution in [0.2, 0.25) is 5.15 Å². The van der Waals surface area contributed by atoms with Gasteiger partial charge in [0.1, 0.15) is 16.7 Å². The molecule has 1 aliphatic heterocycles. The summed E-state index contributed by atoms with van der Waals surface area (Å²) in [5.74, 6) is -1.09. The topological polar surface area (TPSA) is 120 Å². The van der Waals surface area contributed by atoms with Crippen molar-refractivity contribution in [2.45, 2.75) is 66.9 Å². The zero-order valence-corrected chi connectivity index (χ0v) is 22.3. The summed E-state index contributed by atoms with van der Waals surface area (Å²) in [6.45, 7) is 1.28. The van der Waals surface area contributed by atoms with E-state index in [0.717, 1.165) is 12.1 Å². The van der Waals surface area contributed by atoms with Gasteiger partial charge in [-0.2, -0.15) is 18.4 Å². The minimum Gasteiger partial charge on any atom is -0.336 e. The van der Waals surface area contributed by atoms with Crippen LogP contribution in [-0.2, 0) is 25.6 Å². The third kappa shape index (κ3) is 5.10. The molecule has 1 saturated heterocycles. The van der Waals surface area contributed by atoms with Crippen LogP contribution in [0.25, 0.3) is 11.1 Å². The molecular weight excluding hydrogens is 557 g/mol. The van der Waals surface area contributed by atoms with Gasteiger partial charge in [0.2, 0.25) is 11.8 Å². The van der Waals surface area contributed by atoms with E-state index in [1.807, 2.05) is 6.07 Å². The lowest BCUT2D eigenvalue weighted by Gasteiger charge is -2.27. The smallest absolute Gasteiger partial charge is 0.336 e. The number of rotatable bonds is 6. The molecule has 13 heteroatoms. The number of aromatic nitrogens is 1. The monoisotopic (exact) mass is 580 g/mol. The number of sulfone groups is 1. The number of nitriles is 1. The SMILES string of the molecule is CC1(C(=O)N2CC(S(=O)(=O)c3ccc(-c4ccnc(Cl)c4)cc3C(F)(F)F)CC2C(=O)NC2(C#N)CC2)CC1. The molecule has 2 atom stereocenters. The number of benzene rings is 1. The predicted octanol–water partition coefficient (Wildman–Crippen LogP) is 4.14. The summed E-state index contributed by atoms with van der Waals surface area (Å²) in [5, 5.41) is 10.6. The first-order chi connectivity index (χ1) is 18.2. The van der Waals surface area contributed by atoms with E-state index in [9.17, 15) is 36.4 Å². The second kappa shape index (κ2) is 9.20. The quantitative estimate of drug-likeness (QED) is 0.513. The number of carbonyl (C=O) groups excluding carboxylic acids is 2. The molecule has 1 aromatic heterocycles. The van der Waals surface area contributed by atoms with Crippen LogP contribution in [0, 0.1) is 16.7 Å². The molecule has 2 amide bonds. The van der Waals surface area contributed by atoms with Gasteiger partial charge in [-0.25, -0.2) is 13.4 Å². The maximum absolute atomic E-state index is 14.2. The summed E-state index contributed by atoms with van der Waals surface area (Å²) in [5.41, 5.74) is -2.73. The zero-order chi connectivity index (χ0) is 28.4. The lowest BCUT2D eigenvalue weighted by molar-refractivity contribution is -0.142. The van der Waals surface area contributed by atoms with Crippen LogP contribution in [-0.4, -0.2) is 53.5 Å². The van der Waals surface area contributed by atoms with Gasteiger partial charge in [0.05, 0.1) is 21.8 Å². The Bertz CT molecular complexity index is 1510. The molecule has 0 bridgehead atoms. The van der Waals surface area contributed by atoms with E-state index in [2.05, 4.69) is 10.3 Å². The van der Waals surface area contributed by atoms with E-state index < -0.39 is 67.1 Å². The number of likely N-dealkylation sites (tertiary alicyclic amines) is 1. The molecule has 1 aromatic carbocycles. The van der Waals surface area contributed by atoms with Crippen molar-refractivity contribution < 1.29 is 31.2 Å². The molecule has 5 rings (SSSR count). The normalized spacial score (nSPS) is 23.1. The first kappa shape index (κ1) is 27.4. The number of carbonyl (C=O) groups is 2.